The van der Waals surface area contributed by atoms with Crippen molar-refractivity contribution < 1.29 is 44.7 Å². The van der Waals surface area contributed by atoms with Crippen molar-refractivity contribution in [2.75, 3.05) is 0 Å². The SMILES string of the molecule is CC1(C)OB(C2=C(c3ccccc3)C(c3ccccc3)=C(B3OC(C)(C)C(C)(C)O3)[C@@H](B3OC(C)(C)C(C)(C)O3)C2)OC1(C)C.[CH3-].[CH]1C=CC=C1.[Co]. The van der Waals surface area contributed by atoms with Gasteiger partial charge in [-0.25, -0.2) is 0 Å². The van der Waals surface area contributed by atoms with Crippen LogP contribution in [0, 0.1) is 13.8 Å². The molecule has 7 rings (SSSR count). The second-order valence-electron chi connectivity index (χ2n) is 17.0. The summed E-state index contributed by atoms with van der Waals surface area (Å²) >= 11 is 0. The normalized spacial score (nSPS) is 25.8. The van der Waals surface area contributed by atoms with Gasteiger partial charge in [-0.3, -0.25) is 0 Å². The van der Waals surface area contributed by atoms with Gasteiger partial charge in [0.2, 0.25) is 0 Å². The summed E-state index contributed by atoms with van der Waals surface area (Å²) in [6.45, 7) is 25.2. The van der Waals surface area contributed by atoms with Gasteiger partial charge in [0.15, 0.2) is 0 Å². The molecule has 6 nitrogen and oxygen atoms in total. The van der Waals surface area contributed by atoms with E-state index in [-0.39, 0.29) is 30.0 Å². The molecule has 52 heavy (non-hydrogen) atoms. The average molecular weight is 749 g/mol. The quantitative estimate of drug-likeness (QED) is 0.224. The molecule has 0 amide bonds. The van der Waals surface area contributed by atoms with E-state index in [1.165, 1.54) is 0 Å². The molecule has 3 fully saturated rings. The molecule has 2 aliphatic carbocycles. The predicted molar refractivity (Wildman–Crippen MR) is 212 cm³/mol. The van der Waals surface area contributed by atoms with E-state index in [0.717, 1.165) is 33.2 Å². The maximum atomic E-state index is 6.88. The third-order valence-corrected chi connectivity index (χ3v) is 12.0. The second kappa shape index (κ2) is 15.2. The molecule has 3 heterocycles. The molecule has 0 N–H and O–H groups in total. The van der Waals surface area contributed by atoms with E-state index >= 15 is 0 Å². The third kappa shape index (κ3) is 7.83. The first-order valence-corrected chi connectivity index (χ1v) is 18.1. The summed E-state index contributed by atoms with van der Waals surface area (Å²) < 4.78 is 41.1. The van der Waals surface area contributed by atoms with E-state index < -0.39 is 55.0 Å². The van der Waals surface area contributed by atoms with Gasteiger partial charge in [-0.05, 0) is 123 Å². The standard InChI is InChI=1S/C36H49B3O6.C5H5.CH3.Co/c1-31(2)32(3,4)41-37(40-31)26-23-27(38-42-33(5,6)34(7,8)43-38)30(39-44-35(9,10)36(11,12)45-39)29(25-21-17-14-18-22-25)28(26)24-19-15-13-16-20-24;1-2-4-5-3-1;;/h13-22,27H,23H2,1-12H3;1-5H;1H3;/q;;-1;/t27-;;;/m0.../s1. The molecule has 0 aromatic heterocycles. The maximum Gasteiger partial charge on any atom is 0.491 e. The molecule has 1 atom stereocenters. The van der Waals surface area contributed by atoms with E-state index in [1.54, 1.807) is 0 Å². The van der Waals surface area contributed by atoms with Crippen molar-refractivity contribution in [3.8, 4) is 0 Å². The number of rotatable bonds is 5. The van der Waals surface area contributed by atoms with Crippen LogP contribution in [0.5, 0.6) is 0 Å². The van der Waals surface area contributed by atoms with E-state index in [2.05, 4.69) is 138 Å². The van der Waals surface area contributed by atoms with Gasteiger partial charge in [0, 0.05) is 29.0 Å². The Morgan fingerprint density at radius 2 is 0.846 bits per heavy atom. The van der Waals surface area contributed by atoms with Crippen molar-refractivity contribution in [2.45, 2.75) is 129 Å². The van der Waals surface area contributed by atoms with Crippen LogP contribution in [0.15, 0.2) is 95.9 Å². The van der Waals surface area contributed by atoms with Crippen molar-refractivity contribution in [3.05, 3.63) is 121 Å². The molecule has 2 aromatic rings. The number of benzene rings is 2. The van der Waals surface area contributed by atoms with Crippen LogP contribution in [0.4, 0.5) is 0 Å². The van der Waals surface area contributed by atoms with E-state index in [9.17, 15) is 0 Å². The molecule has 0 bridgehead atoms. The van der Waals surface area contributed by atoms with Crippen LogP contribution < -0.4 is 0 Å². The van der Waals surface area contributed by atoms with Crippen molar-refractivity contribution in [1.29, 1.82) is 0 Å². The maximum absolute atomic E-state index is 6.88. The summed E-state index contributed by atoms with van der Waals surface area (Å²) in [7, 11) is -1.72. The van der Waals surface area contributed by atoms with Gasteiger partial charge < -0.3 is 35.4 Å². The number of hydrogen-bond acceptors (Lipinski definition) is 6. The summed E-state index contributed by atoms with van der Waals surface area (Å²) in [4.78, 5) is 0. The van der Waals surface area contributed by atoms with Gasteiger partial charge in [0.05, 0.1) is 33.6 Å². The van der Waals surface area contributed by atoms with Crippen LogP contribution in [0.2, 0.25) is 5.82 Å². The minimum Gasteiger partial charge on any atom is -0.403 e. The van der Waals surface area contributed by atoms with Gasteiger partial charge >= 0.3 is 21.4 Å². The molecule has 10 heteroatoms. The summed E-state index contributed by atoms with van der Waals surface area (Å²) in [6.07, 6.45) is 10.6. The first-order valence-electron chi connectivity index (χ1n) is 18.1. The van der Waals surface area contributed by atoms with Crippen LogP contribution in [0.1, 0.15) is 101 Å². The summed E-state index contributed by atoms with van der Waals surface area (Å²) in [5.41, 5.74) is 3.28. The first kappa shape index (κ1) is 42.6. The van der Waals surface area contributed by atoms with Gasteiger partial charge in [-0.2, -0.15) is 0 Å². The van der Waals surface area contributed by atoms with Crippen LogP contribution >= 0.6 is 0 Å². The number of allylic oxidation sites excluding steroid dienone is 8. The Kier molecular flexibility index (Phi) is 12.4. The largest absolute Gasteiger partial charge is 0.491 e. The molecule has 0 unspecified atom stereocenters. The van der Waals surface area contributed by atoms with Gasteiger partial charge in [-0.1, -0.05) is 85.0 Å². The van der Waals surface area contributed by atoms with E-state index in [0.29, 0.717) is 6.42 Å². The van der Waals surface area contributed by atoms with Crippen molar-refractivity contribution >= 4 is 32.5 Å². The Hall–Kier alpha value is -2.14. The minimum atomic E-state index is -0.618. The minimum absolute atomic E-state index is 0. The summed E-state index contributed by atoms with van der Waals surface area (Å²) in [5.74, 6) is -0.238. The Labute approximate surface area is 325 Å². The smallest absolute Gasteiger partial charge is 0.403 e. The number of hydrogen-bond donors (Lipinski definition) is 0. The molecule has 2 radical (unpaired) electrons. The molecule has 3 saturated heterocycles. The first-order chi connectivity index (χ1) is 23.3. The van der Waals surface area contributed by atoms with Crippen molar-refractivity contribution in [3.63, 3.8) is 0 Å². The van der Waals surface area contributed by atoms with E-state index in [1.807, 2.05) is 36.8 Å². The Morgan fingerprint density at radius 3 is 1.23 bits per heavy atom. The fourth-order valence-corrected chi connectivity index (χ4v) is 6.87. The molecule has 5 aliphatic rings. The zero-order chi connectivity index (χ0) is 36.3. The molecule has 0 spiro atoms. The van der Waals surface area contributed by atoms with Crippen LogP contribution in [0.3, 0.4) is 0 Å². The zero-order valence-electron chi connectivity index (χ0n) is 33.5. The summed E-state index contributed by atoms with van der Waals surface area (Å²) in [5, 5.41) is 0. The Balaban J connectivity index is 0.000000797. The zero-order valence-corrected chi connectivity index (χ0v) is 34.5. The second-order valence-corrected chi connectivity index (χ2v) is 17.0. The molecule has 280 valence electrons. The molecule has 0 saturated carbocycles. The fraction of sp³-hybridized carbons (Fsp3) is 0.476. The average Bonchev–Trinajstić information content (AvgIpc) is 3.78. The third-order valence-electron chi connectivity index (χ3n) is 12.0. The van der Waals surface area contributed by atoms with Crippen molar-refractivity contribution in [2.24, 2.45) is 0 Å². The topological polar surface area (TPSA) is 55.4 Å². The fourth-order valence-electron chi connectivity index (χ4n) is 6.87. The molecular weight excluding hydrogens is 692 g/mol. The molecular formula is C42H57B3CoO6-. The van der Waals surface area contributed by atoms with Gasteiger partial charge in [0.1, 0.15) is 0 Å². The van der Waals surface area contributed by atoms with Crippen molar-refractivity contribution in [1.82, 2.24) is 0 Å². The Morgan fingerprint density at radius 1 is 0.481 bits per heavy atom. The van der Waals surface area contributed by atoms with Crippen LogP contribution in [0.25, 0.3) is 11.1 Å². The predicted octanol–water partition coefficient (Wildman–Crippen LogP) is 9.79. The van der Waals surface area contributed by atoms with Gasteiger partial charge in [0.25, 0.3) is 0 Å². The molecule has 3 aliphatic heterocycles. The van der Waals surface area contributed by atoms with Crippen LogP contribution in [-0.4, -0.2) is 55.0 Å². The van der Waals surface area contributed by atoms with Crippen LogP contribution in [-0.2, 0) is 44.7 Å². The Bertz CT molecular complexity index is 1640. The monoisotopic (exact) mass is 749 g/mol. The van der Waals surface area contributed by atoms with Gasteiger partial charge in [-0.15, -0.1) is 0 Å². The van der Waals surface area contributed by atoms with E-state index in [4.69, 9.17) is 27.9 Å². The summed E-state index contributed by atoms with van der Waals surface area (Å²) in [6, 6.07) is 21.1. The molecule has 2 aromatic carbocycles.